The number of hydrogen-bond donors (Lipinski definition) is 2. The van der Waals surface area contributed by atoms with E-state index in [1.54, 1.807) is 18.2 Å². The lowest BCUT2D eigenvalue weighted by Crippen LogP contribution is -2.32. The number of anilines is 1. The first-order chi connectivity index (χ1) is 11.4. The lowest BCUT2D eigenvalue weighted by molar-refractivity contribution is -0.117. The van der Waals surface area contributed by atoms with E-state index in [0.717, 1.165) is 9.13 Å². The van der Waals surface area contributed by atoms with Crippen LogP contribution >= 0.6 is 46.4 Å². The van der Waals surface area contributed by atoms with Gasteiger partial charge in [0.2, 0.25) is 11.8 Å². The summed E-state index contributed by atoms with van der Waals surface area (Å²) in [6.45, 7) is 1.39. The summed E-state index contributed by atoms with van der Waals surface area (Å²) in [6.07, 6.45) is 0. The molecule has 3 aromatic rings. The fraction of sp³-hybridized carbons (Fsp3) is 0.0625. The van der Waals surface area contributed by atoms with Crippen molar-refractivity contribution in [2.45, 2.75) is 6.92 Å². The lowest BCUT2D eigenvalue weighted by Gasteiger charge is -2.07. The molecule has 1 aromatic heterocycles. The fourth-order valence-corrected chi connectivity index (χ4v) is 3.06. The van der Waals surface area contributed by atoms with Crippen molar-refractivity contribution in [1.82, 2.24) is 10.3 Å². The van der Waals surface area contributed by atoms with Gasteiger partial charge in [0.1, 0.15) is 5.52 Å². The number of fused-ring (bicyclic) bond motifs is 1. The van der Waals surface area contributed by atoms with Crippen molar-refractivity contribution in [3.8, 4) is 11.5 Å². The van der Waals surface area contributed by atoms with Crippen molar-refractivity contribution in [2.24, 2.45) is 0 Å². The molecule has 24 heavy (non-hydrogen) atoms. The van der Waals surface area contributed by atoms with Crippen LogP contribution in [0.3, 0.4) is 0 Å². The van der Waals surface area contributed by atoms with Gasteiger partial charge in [-0.2, -0.15) is 0 Å². The number of carbonyl (C=O) groups excluding carboxylic acids is 1. The van der Waals surface area contributed by atoms with E-state index in [0.29, 0.717) is 27.7 Å². The molecule has 1 amide bonds. The summed E-state index contributed by atoms with van der Waals surface area (Å²) in [6, 6.07) is 11.0. The minimum absolute atomic E-state index is 0.228. The van der Waals surface area contributed by atoms with E-state index in [9.17, 15) is 4.79 Å². The van der Waals surface area contributed by atoms with Crippen LogP contribution in [-0.2, 0) is 4.79 Å². The summed E-state index contributed by atoms with van der Waals surface area (Å²) in [5.74, 6) is 0.223. The lowest BCUT2D eigenvalue weighted by atomic mass is 10.2. The largest absolute Gasteiger partial charge is 0.436 e. The van der Waals surface area contributed by atoms with Crippen molar-refractivity contribution in [3.05, 3.63) is 45.0 Å². The molecular weight excluding hydrogens is 461 g/mol. The van der Waals surface area contributed by atoms with Gasteiger partial charge in [-0.15, -0.1) is 0 Å². The molecule has 0 aliphatic carbocycles. The number of benzene rings is 2. The number of aromatic nitrogens is 1. The zero-order valence-corrected chi connectivity index (χ0v) is 16.1. The van der Waals surface area contributed by atoms with Gasteiger partial charge in [-0.05, 0) is 71.2 Å². The molecular formula is C16H11ClIN3O2S. The second kappa shape index (κ2) is 7.04. The molecule has 5 nitrogen and oxygen atoms in total. The van der Waals surface area contributed by atoms with Crippen LogP contribution in [0, 0.1) is 3.57 Å². The predicted molar refractivity (Wildman–Crippen MR) is 107 cm³/mol. The number of rotatable bonds is 2. The first-order valence-corrected chi connectivity index (χ1v) is 8.73. The molecule has 2 N–H and O–H groups in total. The first kappa shape index (κ1) is 17.1. The van der Waals surface area contributed by atoms with Crippen LogP contribution in [0.15, 0.2) is 40.8 Å². The second-order valence-electron chi connectivity index (χ2n) is 4.96. The van der Waals surface area contributed by atoms with Gasteiger partial charge in [-0.1, -0.05) is 11.6 Å². The molecule has 0 saturated carbocycles. The van der Waals surface area contributed by atoms with E-state index < -0.39 is 0 Å². The Morgan fingerprint density at radius 2 is 2.08 bits per heavy atom. The Labute approximate surface area is 161 Å². The summed E-state index contributed by atoms with van der Waals surface area (Å²) in [5, 5.41) is 6.23. The summed E-state index contributed by atoms with van der Waals surface area (Å²) >= 11 is 13.5. The van der Waals surface area contributed by atoms with E-state index in [2.05, 4.69) is 38.2 Å². The number of amides is 1. The first-order valence-electron chi connectivity index (χ1n) is 6.87. The van der Waals surface area contributed by atoms with E-state index in [1.165, 1.54) is 6.92 Å². The van der Waals surface area contributed by atoms with Gasteiger partial charge in [0.25, 0.3) is 0 Å². The monoisotopic (exact) mass is 471 g/mol. The van der Waals surface area contributed by atoms with Gasteiger partial charge < -0.3 is 15.1 Å². The Kier molecular flexibility index (Phi) is 5.02. The maximum atomic E-state index is 11.0. The van der Waals surface area contributed by atoms with Crippen molar-refractivity contribution in [1.29, 1.82) is 0 Å². The Bertz CT molecular complexity index is 958. The maximum Gasteiger partial charge on any atom is 0.228 e. The molecule has 0 fully saturated rings. The standard InChI is InChI=1S/C16H11ClIN3O2S/c1-8(22)19-16(24)20-10-3-5-14-13(7-10)21-15(23-14)11-6-9(18)2-4-12(11)17/h2-7H,1H3,(H2,19,20,22,24). The third-order valence-corrected chi connectivity index (χ3v) is 4.30. The van der Waals surface area contributed by atoms with E-state index >= 15 is 0 Å². The van der Waals surface area contributed by atoms with Gasteiger partial charge >= 0.3 is 0 Å². The van der Waals surface area contributed by atoms with Crippen LogP contribution in [-0.4, -0.2) is 16.0 Å². The van der Waals surface area contributed by atoms with Gasteiger partial charge in [-0.25, -0.2) is 4.98 Å². The molecule has 0 aliphatic heterocycles. The van der Waals surface area contributed by atoms with E-state index in [4.69, 9.17) is 28.2 Å². The smallest absolute Gasteiger partial charge is 0.228 e. The van der Waals surface area contributed by atoms with Crippen LogP contribution in [0.5, 0.6) is 0 Å². The predicted octanol–water partition coefficient (Wildman–Crippen LogP) is 4.59. The second-order valence-corrected chi connectivity index (χ2v) is 7.02. The zero-order chi connectivity index (χ0) is 17.3. The van der Waals surface area contributed by atoms with Crippen LogP contribution in [0.2, 0.25) is 5.02 Å². The highest BCUT2D eigenvalue weighted by atomic mass is 127. The molecule has 0 unspecified atom stereocenters. The van der Waals surface area contributed by atoms with Crippen LogP contribution in [0.1, 0.15) is 6.92 Å². The molecule has 0 atom stereocenters. The molecule has 0 radical (unpaired) electrons. The molecule has 8 heteroatoms. The van der Waals surface area contributed by atoms with Gasteiger partial charge in [-0.3, -0.25) is 4.79 Å². The summed E-state index contributed by atoms with van der Waals surface area (Å²) in [4.78, 5) is 15.5. The van der Waals surface area contributed by atoms with Crippen molar-refractivity contribution >= 4 is 74.2 Å². The summed E-state index contributed by atoms with van der Waals surface area (Å²) < 4.78 is 6.82. The van der Waals surface area contributed by atoms with E-state index in [1.807, 2.05) is 18.2 Å². The van der Waals surface area contributed by atoms with E-state index in [-0.39, 0.29) is 11.0 Å². The summed E-state index contributed by atoms with van der Waals surface area (Å²) in [7, 11) is 0. The van der Waals surface area contributed by atoms with Gasteiger partial charge in [0, 0.05) is 16.2 Å². The Balaban J connectivity index is 1.93. The van der Waals surface area contributed by atoms with Crippen LogP contribution in [0.25, 0.3) is 22.6 Å². The van der Waals surface area contributed by atoms with Crippen molar-refractivity contribution < 1.29 is 9.21 Å². The zero-order valence-electron chi connectivity index (χ0n) is 12.4. The maximum absolute atomic E-state index is 11.0. The summed E-state index contributed by atoms with van der Waals surface area (Å²) in [5.41, 5.74) is 2.74. The third kappa shape index (κ3) is 3.85. The molecule has 122 valence electrons. The van der Waals surface area contributed by atoms with Crippen molar-refractivity contribution in [3.63, 3.8) is 0 Å². The van der Waals surface area contributed by atoms with Crippen LogP contribution in [0.4, 0.5) is 5.69 Å². The highest BCUT2D eigenvalue weighted by molar-refractivity contribution is 14.1. The third-order valence-electron chi connectivity index (χ3n) is 3.09. The molecule has 0 spiro atoms. The van der Waals surface area contributed by atoms with Gasteiger partial charge in [0.15, 0.2) is 10.7 Å². The quantitative estimate of drug-likeness (QED) is 0.423. The minimum atomic E-state index is -0.231. The molecule has 0 bridgehead atoms. The SMILES string of the molecule is CC(=O)NC(=S)Nc1ccc2oc(-c3cc(I)ccc3Cl)nc2c1. The average Bonchev–Trinajstić information content (AvgIpc) is 2.91. The van der Waals surface area contributed by atoms with Gasteiger partial charge in [0.05, 0.1) is 10.6 Å². The van der Waals surface area contributed by atoms with Crippen molar-refractivity contribution in [2.75, 3.05) is 5.32 Å². The molecule has 2 aromatic carbocycles. The number of nitrogens with zero attached hydrogens (tertiary/aromatic N) is 1. The highest BCUT2D eigenvalue weighted by Crippen LogP contribution is 2.32. The highest BCUT2D eigenvalue weighted by Gasteiger charge is 2.13. The Hall–Kier alpha value is -1.71. The Morgan fingerprint density at radius 1 is 1.29 bits per heavy atom. The molecule has 0 saturated heterocycles. The Morgan fingerprint density at radius 3 is 2.83 bits per heavy atom. The number of oxazole rings is 1. The molecule has 0 aliphatic rings. The normalized spacial score (nSPS) is 10.6. The fourth-order valence-electron chi connectivity index (χ4n) is 2.10. The number of nitrogens with one attached hydrogen (secondary N) is 2. The molecule has 3 rings (SSSR count). The average molecular weight is 472 g/mol. The molecule has 1 heterocycles. The number of carbonyl (C=O) groups is 1. The van der Waals surface area contributed by atoms with Crippen LogP contribution < -0.4 is 10.6 Å². The minimum Gasteiger partial charge on any atom is -0.436 e. The number of halogens is 2. The number of hydrogen-bond acceptors (Lipinski definition) is 4. The number of thiocarbonyl (C=S) groups is 1. The topological polar surface area (TPSA) is 67.2 Å².